The van der Waals surface area contributed by atoms with Crippen LogP contribution >= 0.6 is 11.6 Å². The van der Waals surface area contributed by atoms with Gasteiger partial charge in [-0.05, 0) is 36.6 Å². The maximum atomic E-state index is 6.01. The Kier molecular flexibility index (Phi) is 4.96. The Bertz CT molecular complexity index is 524. The molecule has 1 aromatic carbocycles. The zero-order valence-corrected chi connectivity index (χ0v) is 11.8. The third kappa shape index (κ3) is 3.56. The van der Waals surface area contributed by atoms with Crippen LogP contribution in [-0.2, 0) is 13.0 Å². The summed E-state index contributed by atoms with van der Waals surface area (Å²) in [6.45, 7) is 3.03. The van der Waals surface area contributed by atoms with Crippen LogP contribution in [-0.4, -0.2) is 9.78 Å². The normalized spacial score (nSPS) is 12.6. The SMILES string of the molecule is CCCn1nccc1C(Cc1cccc(Cl)c1)NN. The average molecular weight is 279 g/mol. The molecule has 4 nitrogen and oxygen atoms in total. The van der Waals surface area contributed by atoms with Crippen LogP contribution in [0.5, 0.6) is 0 Å². The van der Waals surface area contributed by atoms with Gasteiger partial charge in [-0.1, -0.05) is 30.7 Å². The fourth-order valence-corrected chi connectivity index (χ4v) is 2.40. The van der Waals surface area contributed by atoms with Crippen LogP contribution in [0.25, 0.3) is 0 Å². The lowest BCUT2D eigenvalue weighted by molar-refractivity contribution is 0.478. The maximum absolute atomic E-state index is 6.01. The molecular formula is C14H19ClN4. The highest BCUT2D eigenvalue weighted by atomic mass is 35.5. The molecule has 2 rings (SSSR count). The van der Waals surface area contributed by atoms with Gasteiger partial charge < -0.3 is 0 Å². The number of rotatable bonds is 6. The number of aryl methyl sites for hydroxylation is 1. The van der Waals surface area contributed by atoms with Crippen molar-refractivity contribution in [2.75, 3.05) is 0 Å². The van der Waals surface area contributed by atoms with Gasteiger partial charge in [0.05, 0.1) is 11.7 Å². The molecule has 0 saturated heterocycles. The Morgan fingerprint density at radius 2 is 2.26 bits per heavy atom. The lowest BCUT2D eigenvalue weighted by Crippen LogP contribution is -2.31. The molecule has 0 bridgehead atoms. The van der Waals surface area contributed by atoms with Crippen LogP contribution in [0.4, 0.5) is 0 Å². The Morgan fingerprint density at radius 1 is 1.42 bits per heavy atom. The van der Waals surface area contributed by atoms with Crippen molar-refractivity contribution in [3.05, 3.63) is 52.8 Å². The standard InChI is InChI=1S/C14H19ClN4/c1-2-8-19-14(6-7-17-19)13(18-16)10-11-4-3-5-12(15)9-11/h3-7,9,13,18H,2,8,10,16H2,1H3. The topological polar surface area (TPSA) is 55.9 Å². The largest absolute Gasteiger partial charge is 0.271 e. The lowest BCUT2D eigenvalue weighted by atomic mass is 10.0. The first-order valence-electron chi connectivity index (χ1n) is 6.47. The highest BCUT2D eigenvalue weighted by Gasteiger charge is 2.15. The lowest BCUT2D eigenvalue weighted by Gasteiger charge is -2.17. The summed E-state index contributed by atoms with van der Waals surface area (Å²) < 4.78 is 2.00. The number of nitrogens with zero attached hydrogens (tertiary/aromatic N) is 2. The van der Waals surface area contributed by atoms with Crippen molar-refractivity contribution in [2.45, 2.75) is 32.4 Å². The molecule has 2 aromatic rings. The molecular weight excluding hydrogens is 260 g/mol. The molecule has 102 valence electrons. The second-order valence-electron chi connectivity index (χ2n) is 4.53. The number of nitrogens with two attached hydrogens (primary N) is 1. The van der Waals surface area contributed by atoms with Crippen LogP contribution in [0.2, 0.25) is 5.02 Å². The first kappa shape index (κ1) is 14.1. The van der Waals surface area contributed by atoms with Crippen molar-refractivity contribution in [3.8, 4) is 0 Å². The Hall–Kier alpha value is -1.36. The molecule has 3 N–H and O–H groups in total. The third-order valence-electron chi connectivity index (χ3n) is 3.07. The van der Waals surface area contributed by atoms with E-state index in [0.717, 1.165) is 35.7 Å². The Morgan fingerprint density at radius 3 is 2.95 bits per heavy atom. The van der Waals surface area contributed by atoms with Gasteiger partial charge in [0.1, 0.15) is 0 Å². The monoisotopic (exact) mass is 278 g/mol. The molecule has 19 heavy (non-hydrogen) atoms. The van der Waals surface area contributed by atoms with E-state index in [2.05, 4.69) is 23.5 Å². The van der Waals surface area contributed by atoms with Crippen molar-refractivity contribution in [1.29, 1.82) is 0 Å². The van der Waals surface area contributed by atoms with Gasteiger partial charge in [-0.15, -0.1) is 0 Å². The van der Waals surface area contributed by atoms with Crippen molar-refractivity contribution >= 4 is 11.6 Å². The molecule has 1 unspecified atom stereocenters. The molecule has 0 aliphatic carbocycles. The van der Waals surface area contributed by atoms with Crippen LogP contribution < -0.4 is 11.3 Å². The predicted octanol–water partition coefficient (Wildman–Crippen LogP) is 2.69. The van der Waals surface area contributed by atoms with E-state index < -0.39 is 0 Å². The number of hydrazine groups is 1. The van der Waals surface area contributed by atoms with E-state index >= 15 is 0 Å². The zero-order valence-electron chi connectivity index (χ0n) is 11.0. The average Bonchev–Trinajstić information content (AvgIpc) is 2.85. The van der Waals surface area contributed by atoms with E-state index in [0.29, 0.717) is 0 Å². The summed E-state index contributed by atoms with van der Waals surface area (Å²) in [5.74, 6) is 5.69. The smallest absolute Gasteiger partial charge is 0.0669 e. The van der Waals surface area contributed by atoms with Crippen LogP contribution in [0.1, 0.15) is 30.6 Å². The number of halogens is 1. The second kappa shape index (κ2) is 6.70. The maximum Gasteiger partial charge on any atom is 0.0669 e. The Labute approximate surface area is 118 Å². The van der Waals surface area contributed by atoms with Crippen LogP contribution in [0.3, 0.4) is 0 Å². The van der Waals surface area contributed by atoms with Crippen LogP contribution in [0, 0.1) is 0 Å². The zero-order chi connectivity index (χ0) is 13.7. The minimum Gasteiger partial charge on any atom is -0.271 e. The van der Waals surface area contributed by atoms with E-state index in [9.17, 15) is 0 Å². The van der Waals surface area contributed by atoms with Crippen molar-refractivity contribution in [1.82, 2.24) is 15.2 Å². The van der Waals surface area contributed by atoms with E-state index in [4.69, 9.17) is 17.4 Å². The van der Waals surface area contributed by atoms with Gasteiger partial charge in [0, 0.05) is 17.8 Å². The molecule has 1 atom stereocenters. The number of hydrogen-bond acceptors (Lipinski definition) is 3. The minimum atomic E-state index is 0.0347. The third-order valence-corrected chi connectivity index (χ3v) is 3.31. The summed E-state index contributed by atoms with van der Waals surface area (Å²) in [5.41, 5.74) is 5.12. The van der Waals surface area contributed by atoms with Gasteiger partial charge in [0.2, 0.25) is 0 Å². The number of benzene rings is 1. The molecule has 5 heteroatoms. The summed E-state index contributed by atoms with van der Waals surface area (Å²) in [6, 6.07) is 9.88. The first-order chi connectivity index (χ1) is 9.24. The van der Waals surface area contributed by atoms with E-state index in [1.807, 2.05) is 35.1 Å². The highest BCUT2D eigenvalue weighted by molar-refractivity contribution is 6.30. The fourth-order valence-electron chi connectivity index (χ4n) is 2.19. The summed E-state index contributed by atoms with van der Waals surface area (Å²) in [7, 11) is 0. The summed E-state index contributed by atoms with van der Waals surface area (Å²) in [6.07, 6.45) is 3.64. The van der Waals surface area contributed by atoms with Crippen LogP contribution in [0.15, 0.2) is 36.5 Å². The number of nitrogens with one attached hydrogen (secondary N) is 1. The molecule has 0 fully saturated rings. The quantitative estimate of drug-likeness (QED) is 0.631. The van der Waals surface area contributed by atoms with E-state index in [-0.39, 0.29) is 6.04 Å². The van der Waals surface area contributed by atoms with Gasteiger partial charge in [0.15, 0.2) is 0 Å². The van der Waals surface area contributed by atoms with E-state index in [1.165, 1.54) is 0 Å². The number of hydrogen-bond donors (Lipinski definition) is 2. The molecule has 0 saturated carbocycles. The summed E-state index contributed by atoms with van der Waals surface area (Å²) in [4.78, 5) is 0. The molecule has 0 amide bonds. The van der Waals surface area contributed by atoms with Crippen molar-refractivity contribution in [3.63, 3.8) is 0 Å². The van der Waals surface area contributed by atoms with Crippen molar-refractivity contribution in [2.24, 2.45) is 5.84 Å². The molecule has 1 heterocycles. The van der Waals surface area contributed by atoms with E-state index in [1.54, 1.807) is 0 Å². The van der Waals surface area contributed by atoms with Gasteiger partial charge in [0.25, 0.3) is 0 Å². The minimum absolute atomic E-state index is 0.0347. The number of aromatic nitrogens is 2. The van der Waals surface area contributed by atoms with Gasteiger partial charge >= 0.3 is 0 Å². The summed E-state index contributed by atoms with van der Waals surface area (Å²) in [5, 5.41) is 5.07. The highest BCUT2D eigenvalue weighted by Crippen LogP contribution is 2.20. The van der Waals surface area contributed by atoms with Crippen molar-refractivity contribution < 1.29 is 0 Å². The first-order valence-corrected chi connectivity index (χ1v) is 6.84. The second-order valence-corrected chi connectivity index (χ2v) is 4.97. The summed E-state index contributed by atoms with van der Waals surface area (Å²) >= 11 is 6.01. The molecule has 0 aliphatic heterocycles. The predicted molar refractivity (Wildman–Crippen MR) is 77.7 cm³/mol. The molecule has 0 radical (unpaired) electrons. The Balaban J connectivity index is 2.18. The van der Waals surface area contributed by atoms with Gasteiger partial charge in [-0.3, -0.25) is 16.0 Å². The van der Waals surface area contributed by atoms with Gasteiger partial charge in [-0.2, -0.15) is 5.10 Å². The molecule has 0 aliphatic rings. The molecule has 0 spiro atoms. The fraction of sp³-hybridized carbons (Fsp3) is 0.357. The van der Waals surface area contributed by atoms with Gasteiger partial charge in [-0.25, -0.2) is 0 Å². The molecule has 1 aromatic heterocycles.